The number of carbonyl (C=O) groups excluding carboxylic acids is 3. The predicted molar refractivity (Wildman–Crippen MR) is 181 cm³/mol. The van der Waals surface area contributed by atoms with E-state index in [0.717, 1.165) is 23.2 Å². The molecule has 0 spiro atoms. The fourth-order valence-corrected chi connectivity index (χ4v) is 5.31. The first-order valence-electron chi connectivity index (χ1n) is 15.4. The van der Waals surface area contributed by atoms with Crippen LogP contribution >= 0.6 is 0 Å². The molecule has 0 saturated heterocycles. The van der Waals surface area contributed by atoms with E-state index in [1.165, 1.54) is 24.5 Å². The highest BCUT2D eigenvalue weighted by molar-refractivity contribution is 5.91. The third-order valence-electron chi connectivity index (χ3n) is 8.00. The zero-order valence-corrected chi connectivity index (χ0v) is 27.4. The van der Waals surface area contributed by atoms with Gasteiger partial charge in [0.2, 0.25) is 5.91 Å². The molecule has 0 heterocycles. The van der Waals surface area contributed by atoms with Gasteiger partial charge in [-0.25, -0.2) is 4.79 Å². The smallest absolute Gasteiger partial charge is 0.414 e. The summed E-state index contributed by atoms with van der Waals surface area (Å²) < 4.78 is 16.9. The van der Waals surface area contributed by atoms with Crippen LogP contribution in [0.5, 0.6) is 11.5 Å². The highest BCUT2D eigenvalue weighted by Gasteiger charge is 2.25. The Hall–Kier alpha value is -5.11. The second-order valence-corrected chi connectivity index (χ2v) is 11.2. The average Bonchev–Trinajstić information content (AvgIpc) is 3.07. The van der Waals surface area contributed by atoms with E-state index < -0.39 is 12.0 Å². The molecule has 240 valence electrons. The largest absolute Gasteiger partial charge is 0.466 e. The Bertz CT molecular complexity index is 1650. The number of para-hydroxylation sites is 1. The van der Waals surface area contributed by atoms with Gasteiger partial charge in [0.15, 0.2) is 0 Å². The summed E-state index contributed by atoms with van der Waals surface area (Å²) in [4.78, 5) is 41.2. The van der Waals surface area contributed by atoms with Crippen LogP contribution < -0.4 is 14.5 Å². The maximum Gasteiger partial charge on any atom is 0.414 e. The monoisotopic (exact) mass is 622 g/mol. The molecule has 46 heavy (non-hydrogen) atoms. The van der Waals surface area contributed by atoms with Crippen molar-refractivity contribution in [1.82, 2.24) is 0 Å². The highest BCUT2D eigenvalue weighted by atomic mass is 16.5. The molecule has 0 bridgehead atoms. The highest BCUT2D eigenvalue weighted by Crippen LogP contribution is 2.36. The lowest BCUT2D eigenvalue weighted by Crippen LogP contribution is -2.31. The average molecular weight is 623 g/mol. The van der Waals surface area contributed by atoms with Gasteiger partial charge in [-0.15, -0.1) is 0 Å². The third-order valence-corrected chi connectivity index (χ3v) is 8.00. The van der Waals surface area contributed by atoms with Gasteiger partial charge in [-0.2, -0.15) is 0 Å². The molecule has 0 saturated carbocycles. The van der Waals surface area contributed by atoms with Crippen LogP contribution in [0, 0.1) is 0 Å². The van der Waals surface area contributed by atoms with Crippen molar-refractivity contribution in [2.24, 2.45) is 0 Å². The van der Waals surface area contributed by atoms with Crippen molar-refractivity contribution in [1.29, 1.82) is 0 Å². The number of anilines is 2. The Kier molecular flexibility index (Phi) is 11.6. The van der Waals surface area contributed by atoms with Crippen LogP contribution in [0.1, 0.15) is 61.8 Å². The zero-order valence-electron chi connectivity index (χ0n) is 27.4. The van der Waals surface area contributed by atoms with Gasteiger partial charge >= 0.3 is 12.1 Å². The van der Waals surface area contributed by atoms with E-state index >= 15 is 0 Å². The molecular formula is C38H42N2O6. The van der Waals surface area contributed by atoms with Crippen molar-refractivity contribution in [3.63, 3.8) is 0 Å². The molecule has 4 aromatic rings. The van der Waals surface area contributed by atoms with Gasteiger partial charge in [0.05, 0.1) is 31.9 Å². The molecule has 8 nitrogen and oxygen atoms in total. The Balaban J connectivity index is 1.74. The number of rotatable bonds is 12. The van der Waals surface area contributed by atoms with E-state index in [1.807, 2.05) is 60.7 Å². The molecule has 0 aliphatic carbocycles. The van der Waals surface area contributed by atoms with Crippen molar-refractivity contribution < 1.29 is 28.6 Å². The number of methoxy groups -OCH3 is 1. The Morgan fingerprint density at radius 3 is 2.26 bits per heavy atom. The minimum absolute atomic E-state index is 0.0979. The zero-order chi connectivity index (χ0) is 33.2. The van der Waals surface area contributed by atoms with Gasteiger partial charge in [0.25, 0.3) is 0 Å². The summed E-state index contributed by atoms with van der Waals surface area (Å²) in [6.45, 7) is 7.61. The molecule has 0 aromatic heterocycles. The molecule has 0 radical (unpaired) electrons. The fourth-order valence-electron chi connectivity index (χ4n) is 5.31. The van der Waals surface area contributed by atoms with E-state index in [9.17, 15) is 14.4 Å². The lowest BCUT2D eigenvalue weighted by Gasteiger charge is -2.27. The summed E-state index contributed by atoms with van der Waals surface area (Å²) in [5.41, 5.74) is 4.98. The predicted octanol–water partition coefficient (Wildman–Crippen LogP) is 8.25. The maximum atomic E-state index is 13.4. The van der Waals surface area contributed by atoms with E-state index in [1.54, 1.807) is 50.1 Å². The Morgan fingerprint density at radius 2 is 1.57 bits per heavy atom. The van der Waals surface area contributed by atoms with Gasteiger partial charge in [0, 0.05) is 25.2 Å². The molecule has 0 aliphatic rings. The lowest BCUT2D eigenvalue weighted by atomic mass is 9.92. The number of benzene rings is 4. The first-order chi connectivity index (χ1) is 22.1. The van der Waals surface area contributed by atoms with Crippen molar-refractivity contribution in [2.75, 3.05) is 30.6 Å². The van der Waals surface area contributed by atoms with Crippen LogP contribution in [0.3, 0.4) is 0 Å². The number of nitrogens with zero attached hydrogens (tertiary/aromatic N) is 2. The standard InChI is InChI=1S/C38H42N2O6/c1-7-45-37(42)27(3)30-16-13-17-33(24-30)46-36-21-20-32(39(5)28(4)41)23-31(36)25-40(38(43)44-6)35-19-12-11-18-34(35)26(2)22-29-14-9-8-10-15-29/h8-21,23-24,26-27H,7,22,25H2,1-6H3/t26-,27?/m0/s1. The topological polar surface area (TPSA) is 85.4 Å². The van der Waals surface area contributed by atoms with Crippen LogP contribution in [0.25, 0.3) is 0 Å². The summed E-state index contributed by atoms with van der Waals surface area (Å²) >= 11 is 0. The van der Waals surface area contributed by atoms with Crippen molar-refractivity contribution >= 4 is 29.3 Å². The Labute approximate surface area is 271 Å². The number of hydrogen-bond acceptors (Lipinski definition) is 6. The van der Waals surface area contributed by atoms with Gasteiger partial charge in [-0.3, -0.25) is 14.5 Å². The van der Waals surface area contributed by atoms with Crippen molar-refractivity contribution in [3.8, 4) is 11.5 Å². The summed E-state index contributed by atoms with van der Waals surface area (Å²) in [5, 5.41) is 0. The molecule has 1 unspecified atom stereocenters. The number of esters is 1. The van der Waals surface area contributed by atoms with Crippen LogP contribution in [0.4, 0.5) is 16.2 Å². The fraction of sp³-hybridized carbons (Fsp3) is 0.289. The molecule has 0 fully saturated rings. The van der Waals surface area contributed by atoms with Gasteiger partial charge in [-0.1, -0.05) is 67.6 Å². The minimum Gasteiger partial charge on any atom is -0.466 e. The number of carbonyl (C=O) groups is 3. The molecule has 2 amide bonds. The summed E-state index contributed by atoms with van der Waals surface area (Å²) in [6.07, 6.45) is 0.265. The van der Waals surface area contributed by atoms with E-state index in [4.69, 9.17) is 14.2 Å². The van der Waals surface area contributed by atoms with E-state index in [-0.39, 0.29) is 24.3 Å². The van der Waals surface area contributed by atoms with Gasteiger partial charge in [-0.05, 0) is 79.3 Å². The normalized spacial score (nSPS) is 12.0. The van der Waals surface area contributed by atoms with E-state index in [0.29, 0.717) is 29.4 Å². The molecule has 4 aromatic carbocycles. The number of amides is 2. The molecule has 8 heteroatoms. The first-order valence-corrected chi connectivity index (χ1v) is 15.4. The molecular weight excluding hydrogens is 580 g/mol. The lowest BCUT2D eigenvalue weighted by molar-refractivity contribution is -0.144. The molecule has 2 atom stereocenters. The third kappa shape index (κ3) is 8.33. The van der Waals surface area contributed by atoms with Crippen LogP contribution in [-0.4, -0.2) is 38.7 Å². The second-order valence-electron chi connectivity index (χ2n) is 11.2. The quantitative estimate of drug-likeness (QED) is 0.148. The maximum absolute atomic E-state index is 13.4. The van der Waals surface area contributed by atoms with Gasteiger partial charge < -0.3 is 19.1 Å². The number of ether oxygens (including phenoxy) is 3. The summed E-state index contributed by atoms with van der Waals surface area (Å²) in [6, 6.07) is 30.8. The van der Waals surface area contributed by atoms with Crippen LogP contribution in [0.2, 0.25) is 0 Å². The molecule has 0 aliphatic heterocycles. The number of hydrogen-bond donors (Lipinski definition) is 0. The summed E-state index contributed by atoms with van der Waals surface area (Å²) in [7, 11) is 3.06. The van der Waals surface area contributed by atoms with E-state index in [2.05, 4.69) is 19.1 Å². The van der Waals surface area contributed by atoms with Crippen LogP contribution in [-0.2, 0) is 32.0 Å². The minimum atomic E-state index is -0.527. The summed E-state index contributed by atoms with van der Waals surface area (Å²) in [5.74, 6) is 0.185. The van der Waals surface area contributed by atoms with Crippen molar-refractivity contribution in [2.45, 2.75) is 52.5 Å². The van der Waals surface area contributed by atoms with Crippen molar-refractivity contribution in [3.05, 3.63) is 119 Å². The SMILES string of the molecule is CCOC(=O)C(C)c1cccc(Oc2ccc(N(C)C(C)=O)cc2CN(C(=O)OC)c2ccccc2[C@@H](C)Cc2ccccc2)c1. The second kappa shape index (κ2) is 15.8. The molecule has 0 N–H and O–H groups in total. The Morgan fingerprint density at radius 1 is 0.848 bits per heavy atom. The van der Waals surface area contributed by atoms with Gasteiger partial charge in [0.1, 0.15) is 11.5 Å². The first kappa shape index (κ1) is 33.8. The molecule has 4 rings (SSSR count). The van der Waals surface area contributed by atoms with Crippen LogP contribution in [0.15, 0.2) is 97.1 Å².